The van der Waals surface area contributed by atoms with Gasteiger partial charge in [0.15, 0.2) is 0 Å². The van der Waals surface area contributed by atoms with Crippen LogP contribution in [0.4, 0.5) is 11.4 Å². The van der Waals surface area contributed by atoms with Crippen LogP contribution in [0, 0.1) is 0 Å². The Labute approximate surface area is 199 Å². The number of ether oxygens (including phenoxy) is 1. The standard InChI is InChI=1S/C27H28N4O3/c1-4-31(5-2)17-18-6-9-21(10-7-18)29-25(19-12-14-28-15-13-19)24-22-11-8-20(27(33)34-3)16-23(22)30-26(24)32/h6-16,24H,4-5,17H2,1-3H3,(H,30,32). The van der Waals surface area contributed by atoms with Crippen LogP contribution in [0.25, 0.3) is 0 Å². The summed E-state index contributed by atoms with van der Waals surface area (Å²) in [7, 11) is 1.33. The highest BCUT2D eigenvalue weighted by atomic mass is 16.5. The molecule has 0 bridgehead atoms. The Kier molecular flexibility index (Phi) is 7.13. The van der Waals surface area contributed by atoms with Gasteiger partial charge in [-0.05, 0) is 60.6 Å². The zero-order chi connectivity index (χ0) is 24.1. The minimum atomic E-state index is -0.612. The molecule has 1 amide bonds. The predicted octanol–water partition coefficient (Wildman–Crippen LogP) is 4.57. The highest BCUT2D eigenvalue weighted by Gasteiger charge is 2.36. The van der Waals surface area contributed by atoms with E-state index in [1.54, 1.807) is 30.6 Å². The molecule has 0 fully saturated rings. The Bertz CT molecular complexity index is 1200. The molecule has 4 rings (SSSR count). The number of nitrogens with one attached hydrogen (secondary N) is 1. The number of hydrogen-bond donors (Lipinski definition) is 1. The van der Waals surface area contributed by atoms with Gasteiger partial charge in [-0.15, -0.1) is 0 Å². The summed E-state index contributed by atoms with van der Waals surface area (Å²) >= 11 is 0. The molecule has 0 spiro atoms. The number of rotatable bonds is 8. The molecule has 1 atom stereocenters. The summed E-state index contributed by atoms with van der Waals surface area (Å²) < 4.78 is 4.81. The fourth-order valence-corrected chi connectivity index (χ4v) is 4.12. The number of esters is 1. The van der Waals surface area contributed by atoms with Gasteiger partial charge < -0.3 is 10.1 Å². The number of anilines is 1. The third kappa shape index (κ3) is 4.89. The van der Waals surface area contributed by atoms with Gasteiger partial charge in [-0.25, -0.2) is 4.79 Å². The largest absolute Gasteiger partial charge is 0.465 e. The van der Waals surface area contributed by atoms with E-state index < -0.39 is 11.9 Å². The zero-order valence-electron chi connectivity index (χ0n) is 19.6. The van der Waals surface area contributed by atoms with Crippen molar-refractivity contribution in [2.45, 2.75) is 26.3 Å². The number of aliphatic imine (C=N–C) groups is 1. The summed E-state index contributed by atoms with van der Waals surface area (Å²) in [5, 5.41) is 2.90. The SMILES string of the molecule is CCN(CC)Cc1ccc(N=C(c2ccncc2)C2C(=O)Nc3cc(C(=O)OC)ccc32)cc1. The summed E-state index contributed by atoms with van der Waals surface area (Å²) in [5.41, 5.74) is 5.16. The maximum Gasteiger partial charge on any atom is 0.337 e. The molecule has 7 nitrogen and oxygen atoms in total. The van der Waals surface area contributed by atoms with Gasteiger partial charge in [0, 0.05) is 30.2 Å². The molecule has 1 unspecified atom stereocenters. The lowest BCUT2D eigenvalue weighted by molar-refractivity contribution is -0.115. The van der Waals surface area contributed by atoms with E-state index in [2.05, 4.69) is 41.2 Å². The van der Waals surface area contributed by atoms with Crippen LogP contribution in [-0.4, -0.2) is 47.7 Å². The first-order valence-electron chi connectivity index (χ1n) is 11.4. The van der Waals surface area contributed by atoms with Gasteiger partial charge in [-0.3, -0.25) is 19.7 Å². The molecule has 174 valence electrons. The van der Waals surface area contributed by atoms with Crippen LogP contribution in [0.3, 0.4) is 0 Å². The van der Waals surface area contributed by atoms with E-state index in [1.165, 1.54) is 12.7 Å². The van der Waals surface area contributed by atoms with E-state index in [4.69, 9.17) is 9.73 Å². The van der Waals surface area contributed by atoms with Crippen molar-refractivity contribution in [1.82, 2.24) is 9.88 Å². The van der Waals surface area contributed by atoms with Crippen LogP contribution in [0.1, 0.15) is 46.8 Å². The average Bonchev–Trinajstić information content (AvgIpc) is 3.21. The first-order chi connectivity index (χ1) is 16.5. The van der Waals surface area contributed by atoms with Crippen molar-refractivity contribution in [2.24, 2.45) is 4.99 Å². The Morgan fingerprint density at radius 2 is 1.74 bits per heavy atom. The predicted molar refractivity (Wildman–Crippen MR) is 133 cm³/mol. The number of pyridine rings is 1. The molecule has 1 aromatic heterocycles. The molecule has 0 saturated carbocycles. The summed E-state index contributed by atoms with van der Waals surface area (Å²) in [4.78, 5) is 36.4. The average molecular weight is 457 g/mol. The highest BCUT2D eigenvalue weighted by molar-refractivity contribution is 6.24. The molecule has 2 heterocycles. The second-order valence-corrected chi connectivity index (χ2v) is 8.08. The van der Waals surface area contributed by atoms with Crippen molar-refractivity contribution in [3.05, 3.63) is 89.2 Å². The summed E-state index contributed by atoms with van der Waals surface area (Å²) in [6, 6.07) is 16.9. The maximum absolute atomic E-state index is 13.1. The second-order valence-electron chi connectivity index (χ2n) is 8.08. The van der Waals surface area contributed by atoms with Gasteiger partial charge >= 0.3 is 5.97 Å². The van der Waals surface area contributed by atoms with Gasteiger partial charge in [0.25, 0.3) is 0 Å². The van der Waals surface area contributed by atoms with Crippen LogP contribution in [-0.2, 0) is 16.1 Å². The number of benzene rings is 2. The van der Waals surface area contributed by atoms with Crippen molar-refractivity contribution < 1.29 is 14.3 Å². The normalized spacial score (nSPS) is 15.2. The summed E-state index contributed by atoms with van der Waals surface area (Å²) in [6.45, 7) is 7.19. The van der Waals surface area contributed by atoms with Crippen molar-refractivity contribution >= 4 is 29.0 Å². The molecule has 1 aliphatic heterocycles. The number of methoxy groups -OCH3 is 1. The molecule has 2 aromatic carbocycles. The van der Waals surface area contributed by atoms with Gasteiger partial charge in [0.1, 0.15) is 5.92 Å². The summed E-state index contributed by atoms with van der Waals surface area (Å²) in [5.74, 6) is -1.25. The number of carbonyl (C=O) groups is 2. The minimum absolute atomic E-state index is 0.189. The van der Waals surface area contributed by atoms with Crippen LogP contribution in [0.2, 0.25) is 0 Å². The fraction of sp³-hybridized carbons (Fsp3) is 0.259. The number of carbonyl (C=O) groups excluding carboxylic acids is 2. The monoisotopic (exact) mass is 456 g/mol. The quantitative estimate of drug-likeness (QED) is 0.397. The summed E-state index contributed by atoms with van der Waals surface area (Å²) in [6.07, 6.45) is 3.37. The van der Waals surface area contributed by atoms with Crippen molar-refractivity contribution in [2.75, 3.05) is 25.5 Å². The van der Waals surface area contributed by atoms with Gasteiger partial charge in [-0.1, -0.05) is 32.0 Å². The molecule has 1 N–H and O–H groups in total. The number of nitrogens with zero attached hydrogens (tertiary/aromatic N) is 3. The lowest BCUT2D eigenvalue weighted by Crippen LogP contribution is -2.22. The van der Waals surface area contributed by atoms with Gasteiger partial charge in [0.05, 0.1) is 24.1 Å². The van der Waals surface area contributed by atoms with Gasteiger partial charge in [-0.2, -0.15) is 0 Å². The Hall–Kier alpha value is -3.84. The zero-order valence-corrected chi connectivity index (χ0v) is 19.6. The molecule has 34 heavy (non-hydrogen) atoms. The lowest BCUT2D eigenvalue weighted by Gasteiger charge is -2.18. The maximum atomic E-state index is 13.1. The van der Waals surface area contributed by atoms with E-state index in [0.717, 1.165) is 36.4 Å². The van der Waals surface area contributed by atoms with E-state index in [9.17, 15) is 9.59 Å². The first kappa shape index (κ1) is 23.3. The van der Waals surface area contributed by atoms with Crippen molar-refractivity contribution in [3.8, 4) is 0 Å². The number of fused-ring (bicyclic) bond motifs is 1. The molecule has 0 saturated heterocycles. The number of amides is 1. The molecule has 7 heteroatoms. The molecule has 1 aliphatic rings. The second kappa shape index (κ2) is 10.4. The van der Waals surface area contributed by atoms with Crippen LogP contribution < -0.4 is 5.32 Å². The molecule has 3 aromatic rings. The van der Waals surface area contributed by atoms with Crippen LogP contribution >= 0.6 is 0 Å². The number of aromatic nitrogens is 1. The molecule has 0 aliphatic carbocycles. The van der Waals surface area contributed by atoms with Crippen LogP contribution in [0.15, 0.2) is 72.0 Å². The fourth-order valence-electron chi connectivity index (χ4n) is 4.12. The Morgan fingerprint density at radius 3 is 2.38 bits per heavy atom. The molecule has 0 radical (unpaired) electrons. The molecular formula is C27H28N4O3. The Balaban J connectivity index is 1.72. The number of hydrogen-bond acceptors (Lipinski definition) is 6. The third-order valence-electron chi connectivity index (χ3n) is 6.04. The van der Waals surface area contributed by atoms with E-state index in [1.807, 2.05) is 24.3 Å². The highest BCUT2D eigenvalue weighted by Crippen LogP contribution is 2.37. The third-order valence-corrected chi connectivity index (χ3v) is 6.04. The smallest absolute Gasteiger partial charge is 0.337 e. The van der Waals surface area contributed by atoms with Crippen LogP contribution in [0.5, 0.6) is 0 Å². The van der Waals surface area contributed by atoms with E-state index >= 15 is 0 Å². The van der Waals surface area contributed by atoms with Crippen molar-refractivity contribution in [1.29, 1.82) is 0 Å². The molecular weight excluding hydrogens is 428 g/mol. The Morgan fingerprint density at radius 1 is 1.03 bits per heavy atom. The topological polar surface area (TPSA) is 83.9 Å². The lowest BCUT2D eigenvalue weighted by atomic mass is 9.90. The van der Waals surface area contributed by atoms with Gasteiger partial charge in [0.2, 0.25) is 5.91 Å². The van der Waals surface area contributed by atoms with E-state index in [-0.39, 0.29) is 5.91 Å². The van der Waals surface area contributed by atoms with Crippen molar-refractivity contribution in [3.63, 3.8) is 0 Å². The van der Waals surface area contributed by atoms with E-state index in [0.29, 0.717) is 17.0 Å². The first-order valence-corrected chi connectivity index (χ1v) is 11.4. The minimum Gasteiger partial charge on any atom is -0.465 e.